The average molecular weight is 272 g/mol. The number of hydrogen-bond acceptors (Lipinski definition) is 3. The zero-order valence-corrected chi connectivity index (χ0v) is 11.1. The molecule has 2 N–H and O–H groups in total. The molecule has 0 aromatic heterocycles. The van der Waals surface area contributed by atoms with Crippen LogP contribution in [0.25, 0.3) is 0 Å². The Morgan fingerprint density at radius 2 is 1.85 bits per heavy atom. The second-order valence-corrected chi connectivity index (χ2v) is 4.20. The SMILES string of the molecule is CC(=O)c1ccc(C=O)c(OCc2ccccc2)c1.O. The number of aldehydes is 1. The molecule has 0 radical (unpaired) electrons. The Kier molecular flexibility index (Phi) is 5.62. The molecule has 0 bridgehead atoms. The van der Waals surface area contributed by atoms with Gasteiger partial charge in [0.2, 0.25) is 0 Å². The molecule has 0 amide bonds. The van der Waals surface area contributed by atoms with E-state index < -0.39 is 0 Å². The minimum atomic E-state index is -0.0537. The van der Waals surface area contributed by atoms with Gasteiger partial charge in [0.15, 0.2) is 12.1 Å². The van der Waals surface area contributed by atoms with E-state index in [0.29, 0.717) is 23.5 Å². The number of benzene rings is 2. The van der Waals surface area contributed by atoms with Crippen LogP contribution >= 0.6 is 0 Å². The number of ether oxygens (including phenoxy) is 1. The summed E-state index contributed by atoms with van der Waals surface area (Å²) in [5, 5.41) is 0. The number of Topliss-reactive ketones (excluding diaryl/α,β-unsaturated/α-hetero) is 1. The molecule has 0 atom stereocenters. The first-order valence-electron chi connectivity index (χ1n) is 5.97. The van der Waals surface area contributed by atoms with E-state index in [-0.39, 0.29) is 11.3 Å². The van der Waals surface area contributed by atoms with Crippen molar-refractivity contribution in [1.29, 1.82) is 0 Å². The molecular weight excluding hydrogens is 256 g/mol. The lowest BCUT2D eigenvalue weighted by molar-refractivity contribution is 0.101. The average Bonchev–Trinajstić information content (AvgIpc) is 2.45. The molecule has 2 aromatic carbocycles. The molecule has 0 aliphatic heterocycles. The van der Waals surface area contributed by atoms with E-state index in [1.807, 2.05) is 30.3 Å². The molecule has 2 aromatic rings. The number of carbonyl (C=O) groups excluding carboxylic acids is 2. The number of rotatable bonds is 5. The summed E-state index contributed by atoms with van der Waals surface area (Å²) in [5.74, 6) is 0.383. The van der Waals surface area contributed by atoms with Gasteiger partial charge in [-0.15, -0.1) is 0 Å². The molecule has 0 saturated heterocycles. The van der Waals surface area contributed by atoms with Crippen molar-refractivity contribution in [3.8, 4) is 5.75 Å². The fraction of sp³-hybridized carbons (Fsp3) is 0.125. The van der Waals surface area contributed by atoms with Crippen molar-refractivity contribution in [2.45, 2.75) is 13.5 Å². The van der Waals surface area contributed by atoms with Gasteiger partial charge >= 0.3 is 0 Å². The van der Waals surface area contributed by atoms with Crippen LogP contribution < -0.4 is 4.74 Å². The quantitative estimate of drug-likeness (QED) is 0.619. The van der Waals surface area contributed by atoms with Crippen molar-refractivity contribution in [3.05, 3.63) is 65.2 Å². The first-order chi connectivity index (χ1) is 9.20. The van der Waals surface area contributed by atoms with Crippen molar-refractivity contribution in [3.63, 3.8) is 0 Å². The lowest BCUT2D eigenvalue weighted by Gasteiger charge is -2.09. The minimum absolute atomic E-state index is 0. The van der Waals surface area contributed by atoms with Crippen LogP contribution in [-0.2, 0) is 6.61 Å². The summed E-state index contributed by atoms with van der Waals surface area (Å²) in [4.78, 5) is 22.3. The van der Waals surface area contributed by atoms with Crippen LogP contribution in [0.4, 0.5) is 0 Å². The first kappa shape index (κ1) is 15.6. The molecule has 0 aliphatic carbocycles. The molecule has 0 unspecified atom stereocenters. The number of hydrogen-bond donors (Lipinski definition) is 0. The van der Waals surface area contributed by atoms with Crippen LogP contribution in [0.15, 0.2) is 48.5 Å². The Labute approximate surface area is 117 Å². The maximum atomic E-state index is 11.3. The van der Waals surface area contributed by atoms with Crippen LogP contribution in [0.2, 0.25) is 0 Å². The molecule has 20 heavy (non-hydrogen) atoms. The molecule has 0 saturated carbocycles. The largest absolute Gasteiger partial charge is 0.488 e. The predicted molar refractivity (Wildman–Crippen MR) is 76.2 cm³/mol. The lowest BCUT2D eigenvalue weighted by atomic mass is 10.1. The van der Waals surface area contributed by atoms with Gasteiger partial charge in [0.05, 0.1) is 5.56 Å². The summed E-state index contributed by atoms with van der Waals surface area (Å²) in [5.41, 5.74) is 1.99. The molecule has 0 fully saturated rings. The van der Waals surface area contributed by atoms with Gasteiger partial charge in [-0.3, -0.25) is 9.59 Å². The second-order valence-electron chi connectivity index (χ2n) is 4.20. The zero-order valence-electron chi connectivity index (χ0n) is 11.1. The van der Waals surface area contributed by atoms with E-state index in [9.17, 15) is 9.59 Å². The monoisotopic (exact) mass is 272 g/mol. The Morgan fingerprint density at radius 3 is 2.45 bits per heavy atom. The van der Waals surface area contributed by atoms with E-state index in [1.54, 1.807) is 18.2 Å². The lowest BCUT2D eigenvalue weighted by Crippen LogP contribution is -2.00. The maximum absolute atomic E-state index is 11.3. The molecular formula is C16H16O4. The van der Waals surface area contributed by atoms with Crippen molar-refractivity contribution in [1.82, 2.24) is 0 Å². The van der Waals surface area contributed by atoms with Crippen LogP contribution in [-0.4, -0.2) is 17.5 Å². The molecule has 0 spiro atoms. The summed E-state index contributed by atoms with van der Waals surface area (Å²) in [7, 11) is 0. The molecule has 0 heterocycles. The van der Waals surface area contributed by atoms with Crippen molar-refractivity contribution in [2.24, 2.45) is 0 Å². The van der Waals surface area contributed by atoms with Gasteiger partial charge in [-0.05, 0) is 24.6 Å². The molecule has 2 rings (SSSR count). The van der Waals surface area contributed by atoms with Crippen LogP contribution in [0.1, 0.15) is 33.2 Å². The summed E-state index contributed by atoms with van der Waals surface area (Å²) in [6.45, 7) is 1.85. The third-order valence-corrected chi connectivity index (χ3v) is 2.78. The highest BCUT2D eigenvalue weighted by molar-refractivity contribution is 5.95. The van der Waals surface area contributed by atoms with Gasteiger partial charge in [0.1, 0.15) is 12.4 Å². The van der Waals surface area contributed by atoms with Crippen LogP contribution in [0, 0.1) is 0 Å². The smallest absolute Gasteiger partial charge is 0.159 e. The van der Waals surface area contributed by atoms with Gasteiger partial charge in [-0.2, -0.15) is 0 Å². The number of carbonyl (C=O) groups is 2. The highest BCUT2D eigenvalue weighted by Gasteiger charge is 2.07. The second kappa shape index (κ2) is 7.21. The Morgan fingerprint density at radius 1 is 1.15 bits per heavy atom. The van der Waals surface area contributed by atoms with E-state index in [1.165, 1.54) is 6.92 Å². The highest BCUT2D eigenvalue weighted by Crippen LogP contribution is 2.20. The van der Waals surface area contributed by atoms with Crippen molar-refractivity contribution >= 4 is 12.1 Å². The Bertz CT molecular complexity index is 591. The van der Waals surface area contributed by atoms with Gasteiger partial charge < -0.3 is 10.2 Å². The zero-order chi connectivity index (χ0) is 13.7. The molecule has 4 nitrogen and oxygen atoms in total. The predicted octanol–water partition coefficient (Wildman–Crippen LogP) is 2.46. The van der Waals surface area contributed by atoms with E-state index >= 15 is 0 Å². The topological polar surface area (TPSA) is 74.9 Å². The van der Waals surface area contributed by atoms with E-state index in [2.05, 4.69) is 0 Å². The van der Waals surface area contributed by atoms with Crippen molar-refractivity contribution in [2.75, 3.05) is 0 Å². The fourth-order valence-corrected chi connectivity index (χ4v) is 1.71. The van der Waals surface area contributed by atoms with Gasteiger partial charge in [-0.25, -0.2) is 0 Å². The summed E-state index contributed by atoms with van der Waals surface area (Å²) >= 11 is 0. The summed E-state index contributed by atoms with van der Waals surface area (Å²) in [6.07, 6.45) is 0.726. The third-order valence-electron chi connectivity index (χ3n) is 2.78. The Balaban J connectivity index is 0.00000200. The van der Waals surface area contributed by atoms with E-state index in [0.717, 1.165) is 11.8 Å². The summed E-state index contributed by atoms with van der Waals surface area (Å²) < 4.78 is 5.62. The highest BCUT2D eigenvalue weighted by atomic mass is 16.5. The van der Waals surface area contributed by atoms with Crippen LogP contribution in [0.5, 0.6) is 5.75 Å². The molecule has 0 aliphatic rings. The fourth-order valence-electron chi connectivity index (χ4n) is 1.71. The Hall–Kier alpha value is -2.46. The standard InChI is InChI=1S/C16H14O3.H2O/c1-12(18)14-7-8-15(10-17)16(9-14)19-11-13-5-3-2-4-6-13;/h2-10H,11H2,1H3;1H2. The van der Waals surface area contributed by atoms with Gasteiger partial charge in [0.25, 0.3) is 0 Å². The maximum Gasteiger partial charge on any atom is 0.159 e. The van der Waals surface area contributed by atoms with Crippen LogP contribution in [0.3, 0.4) is 0 Å². The molecule has 104 valence electrons. The van der Waals surface area contributed by atoms with Gasteiger partial charge in [0, 0.05) is 5.56 Å². The minimum Gasteiger partial charge on any atom is -0.488 e. The first-order valence-corrected chi connectivity index (χ1v) is 5.97. The number of ketones is 1. The third kappa shape index (κ3) is 3.76. The van der Waals surface area contributed by atoms with Crippen molar-refractivity contribution < 1.29 is 19.8 Å². The van der Waals surface area contributed by atoms with E-state index in [4.69, 9.17) is 4.74 Å². The molecule has 4 heteroatoms. The van der Waals surface area contributed by atoms with Gasteiger partial charge in [-0.1, -0.05) is 36.4 Å². The normalized spacial score (nSPS) is 9.45. The summed E-state index contributed by atoms with van der Waals surface area (Å²) in [6, 6.07) is 14.5.